The monoisotopic (exact) mass is 514 g/mol. The fourth-order valence-electron chi connectivity index (χ4n) is 5.70. The fraction of sp³-hybridized carbons (Fsp3) is 0.633. The Morgan fingerprint density at radius 1 is 0.946 bits per heavy atom. The third-order valence-electron chi connectivity index (χ3n) is 8.10. The maximum atomic E-state index is 12.9. The summed E-state index contributed by atoms with van der Waals surface area (Å²) in [6, 6.07) is 4.59. The summed E-state index contributed by atoms with van der Waals surface area (Å²) in [6.45, 7) is 5.68. The average Bonchev–Trinajstić information content (AvgIpc) is 2.94. The SMILES string of the molecule is C=CC(=O)OCCCCOC(=O)c1ccc(OC(=O)C2CCC(C3CCC(CC)CC3)CC2)c(CO)c1. The van der Waals surface area contributed by atoms with Crippen molar-refractivity contribution in [2.24, 2.45) is 23.7 Å². The first-order valence-corrected chi connectivity index (χ1v) is 13.9. The van der Waals surface area contributed by atoms with E-state index in [0.29, 0.717) is 18.4 Å². The van der Waals surface area contributed by atoms with Gasteiger partial charge >= 0.3 is 17.9 Å². The van der Waals surface area contributed by atoms with Crippen LogP contribution in [0.15, 0.2) is 30.9 Å². The number of unbranched alkanes of at least 4 members (excludes halogenated alkanes) is 1. The predicted molar refractivity (Wildman–Crippen MR) is 140 cm³/mol. The minimum absolute atomic E-state index is 0.120. The van der Waals surface area contributed by atoms with Gasteiger partial charge in [0, 0.05) is 11.6 Å². The highest BCUT2D eigenvalue weighted by atomic mass is 16.5. The summed E-state index contributed by atoms with van der Waals surface area (Å²) >= 11 is 0. The lowest BCUT2D eigenvalue weighted by Crippen LogP contribution is -2.30. The Kier molecular flexibility index (Phi) is 11.6. The van der Waals surface area contributed by atoms with Crippen LogP contribution in [0.3, 0.4) is 0 Å². The summed E-state index contributed by atoms with van der Waals surface area (Å²) in [7, 11) is 0. The molecule has 7 heteroatoms. The number of carbonyl (C=O) groups is 3. The number of ether oxygens (including phenoxy) is 3. The highest BCUT2D eigenvalue weighted by Crippen LogP contribution is 2.42. The number of rotatable bonds is 12. The van der Waals surface area contributed by atoms with Gasteiger partial charge in [0.25, 0.3) is 0 Å². The van der Waals surface area contributed by atoms with Crippen molar-refractivity contribution in [2.45, 2.75) is 84.2 Å². The largest absolute Gasteiger partial charge is 0.463 e. The quantitative estimate of drug-likeness (QED) is 0.163. The average molecular weight is 515 g/mol. The smallest absolute Gasteiger partial charge is 0.338 e. The van der Waals surface area contributed by atoms with Crippen molar-refractivity contribution in [3.8, 4) is 5.75 Å². The third-order valence-corrected chi connectivity index (χ3v) is 8.10. The lowest BCUT2D eigenvalue weighted by Gasteiger charge is -2.37. The van der Waals surface area contributed by atoms with E-state index in [1.165, 1.54) is 38.2 Å². The molecule has 0 spiro atoms. The van der Waals surface area contributed by atoms with Crippen LogP contribution in [0.25, 0.3) is 0 Å². The van der Waals surface area contributed by atoms with Gasteiger partial charge in [-0.25, -0.2) is 9.59 Å². The number of hydrogen-bond acceptors (Lipinski definition) is 7. The maximum absolute atomic E-state index is 12.9. The summed E-state index contributed by atoms with van der Waals surface area (Å²) in [5.74, 6) is 1.34. The summed E-state index contributed by atoms with van der Waals surface area (Å²) in [5, 5.41) is 9.81. The van der Waals surface area contributed by atoms with Crippen molar-refractivity contribution in [3.63, 3.8) is 0 Å². The molecule has 3 rings (SSSR count). The number of benzene rings is 1. The van der Waals surface area contributed by atoms with Crippen molar-refractivity contribution in [2.75, 3.05) is 13.2 Å². The van der Waals surface area contributed by atoms with E-state index in [1.54, 1.807) is 12.1 Å². The molecule has 0 bridgehead atoms. The van der Waals surface area contributed by atoms with Gasteiger partial charge in [0.15, 0.2) is 0 Å². The number of aliphatic hydroxyl groups excluding tert-OH is 1. The lowest BCUT2D eigenvalue weighted by molar-refractivity contribution is -0.140. The molecular weight excluding hydrogens is 472 g/mol. The van der Waals surface area contributed by atoms with Gasteiger partial charge in [0.05, 0.1) is 31.3 Å². The van der Waals surface area contributed by atoms with Gasteiger partial charge < -0.3 is 19.3 Å². The zero-order valence-corrected chi connectivity index (χ0v) is 22.1. The van der Waals surface area contributed by atoms with E-state index in [1.807, 2.05) is 0 Å². The van der Waals surface area contributed by atoms with E-state index in [0.717, 1.165) is 49.5 Å². The van der Waals surface area contributed by atoms with Gasteiger partial charge in [0.2, 0.25) is 0 Å². The Morgan fingerprint density at radius 3 is 2.16 bits per heavy atom. The number of esters is 3. The molecular formula is C30H42O7. The second-order valence-electron chi connectivity index (χ2n) is 10.4. The summed E-state index contributed by atoms with van der Waals surface area (Å²) in [5.41, 5.74) is 0.653. The molecule has 0 heterocycles. The van der Waals surface area contributed by atoms with Crippen molar-refractivity contribution in [3.05, 3.63) is 42.0 Å². The molecule has 2 fully saturated rings. The molecule has 2 aliphatic rings. The van der Waals surface area contributed by atoms with Gasteiger partial charge in [-0.05, 0) is 87.3 Å². The van der Waals surface area contributed by atoms with Crippen molar-refractivity contribution >= 4 is 17.9 Å². The molecule has 1 aromatic rings. The highest BCUT2D eigenvalue weighted by molar-refractivity contribution is 5.90. The molecule has 2 aliphatic carbocycles. The third kappa shape index (κ3) is 8.70. The minimum Gasteiger partial charge on any atom is -0.463 e. The van der Waals surface area contributed by atoms with Gasteiger partial charge in [-0.3, -0.25) is 4.79 Å². The van der Waals surface area contributed by atoms with E-state index >= 15 is 0 Å². The molecule has 0 radical (unpaired) electrons. The van der Waals surface area contributed by atoms with Crippen LogP contribution >= 0.6 is 0 Å². The molecule has 0 saturated heterocycles. The Hall–Kier alpha value is -2.67. The molecule has 204 valence electrons. The Morgan fingerprint density at radius 2 is 1.57 bits per heavy atom. The van der Waals surface area contributed by atoms with E-state index in [2.05, 4.69) is 13.5 Å². The maximum Gasteiger partial charge on any atom is 0.338 e. The molecule has 0 aromatic heterocycles. The summed E-state index contributed by atoms with van der Waals surface area (Å²) < 4.78 is 15.8. The van der Waals surface area contributed by atoms with Crippen LogP contribution in [0.2, 0.25) is 0 Å². The van der Waals surface area contributed by atoms with Crippen LogP contribution in [0.4, 0.5) is 0 Å². The molecule has 1 N–H and O–H groups in total. The van der Waals surface area contributed by atoms with Crippen LogP contribution in [0.5, 0.6) is 5.75 Å². The van der Waals surface area contributed by atoms with Crippen LogP contribution in [0.1, 0.15) is 93.5 Å². The van der Waals surface area contributed by atoms with E-state index in [4.69, 9.17) is 14.2 Å². The Labute approximate surface area is 220 Å². The second kappa shape index (κ2) is 14.9. The summed E-state index contributed by atoms with van der Waals surface area (Å²) in [4.78, 5) is 36.2. The van der Waals surface area contributed by atoms with Gasteiger partial charge in [0.1, 0.15) is 5.75 Å². The number of hydrogen-bond donors (Lipinski definition) is 1. The van der Waals surface area contributed by atoms with Crippen molar-refractivity contribution < 1.29 is 33.7 Å². The predicted octanol–water partition coefficient (Wildman–Crippen LogP) is 5.77. The normalized spacial score (nSPS) is 23.6. The first-order chi connectivity index (χ1) is 17.9. The highest BCUT2D eigenvalue weighted by Gasteiger charge is 2.33. The molecule has 0 amide bonds. The molecule has 0 aliphatic heterocycles. The Balaban J connectivity index is 1.43. The lowest BCUT2D eigenvalue weighted by atomic mass is 9.69. The van der Waals surface area contributed by atoms with Crippen LogP contribution in [-0.2, 0) is 25.7 Å². The zero-order chi connectivity index (χ0) is 26.6. The van der Waals surface area contributed by atoms with Crippen LogP contribution < -0.4 is 4.74 Å². The fourth-order valence-corrected chi connectivity index (χ4v) is 5.70. The van der Waals surface area contributed by atoms with Crippen molar-refractivity contribution in [1.29, 1.82) is 0 Å². The first kappa shape index (κ1) is 28.9. The van der Waals surface area contributed by atoms with E-state index < -0.39 is 11.9 Å². The second-order valence-corrected chi connectivity index (χ2v) is 10.4. The molecule has 2 saturated carbocycles. The van der Waals surface area contributed by atoms with E-state index in [-0.39, 0.29) is 43.0 Å². The molecule has 7 nitrogen and oxygen atoms in total. The van der Waals surface area contributed by atoms with E-state index in [9.17, 15) is 19.5 Å². The first-order valence-electron chi connectivity index (χ1n) is 13.9. The summed E-state index contributed by atoms with van der Waals surface area (Å²) in [6.07, 6.45) is 12.7. The standard InChI is InChI=1S/C30H42O7/c1-3-21-7-9-22(10-8-21)23-11-13-24(14-12-23)30(34)37-27-16-15-25(19-26(27)20-31)29(33)36-18-6-5-17-35-28(32)4-2/h4,15-16,19,21-24,31H,2-3,5-14,17-18,20H2,1H3. The zero-order valence-electron chi connectivity index (χ0n) is 22.1. The topological polar surface area (TPSA) is 99.1 Å². The van der Waals surface area contributed by atoms with Gasteiger partial charge in [-0.2, -0.15) is 0 Å². The number of aliphatic hydroxyl groups is 1. The van der Waals surface area contributed by atoms with Gasteiger partial charge in [-0.1, -0.05) is 32.8 Å². The Bertz CT molecular complexity index is 909. The minimum atomic E-state index is -0.526. The van der Waals surface area contributed by atoms with Crippen LogP contribution in [-0.4, -0.2) is 36.2 Å². The van der Waals surface area contributed by atoms with Crippen LogP contribution in [0, 0.1) is 23.7 Å². The molecule has 0 unspecified atom stereocenters. The molecule has 0 atom stereocenters. The van der Waals surface area contributed by atoms with Crippen molar-refractivity contribution in [1.82, 2.24) is 0 Å². The van der Waals surface area contributed by atoms with Gasteiger partial charge in [-0.15, -0.1) is 0 Å². The number of carbonyl (C=O) groups excluding carboxylic acids is 3. The molecule has 37 heavy (non-hydrogen) atoms. The molecule has 1 aromatic carbocycles.